The monoisotopic (exact) mass is 412 g/mol. The molecule has 1 aromatic rings. The molecule has 0 radical (unpaired) electrons. The van der Waals surface area contributed by atoms with Gasteiger partial charge in [0.15, 0.2) is 11.5 Å². The van der Waals surface area contributed by atoms with Crippen LogP contribution in [0.1, 0.15) is 49.4 Å². The zero-order valence-electron chi connectivity index (χ0n) is 15.7. The van der Waals surface area contributed by atoms with Crippen LogP contribution >= 0.6 is 15.9 Å². The molecule has 1 amide bonds. The summed E-state index contributed by atoms with van der Waals surface area (Å²) in [6.45, 7) is 3.08. The quantitative estimate of drug-likeness (QED) is 0.738. The molecule has 6 heteroatoms. The molecule has 1 aliphatic rings. The lowest BCUT2D eigenvalue weighted by Gasteiger charge is -2.43. The Morgan fingerprint density at radius 1 is 1.28 bits per heavy atom. The Bertz CT molecular complexity index is 599. The van der Waals surface area contributed by atoms with E-state index in [1.165, 1.54) is 19.3 Å². The molecule has 25 heavy (non-hydrogen) atoms. The molecule has 0 saturated heterocycles. The van der Waals surface area contributed by atoms with E-state index >= 15 is 0 Å². The molecule has 5 nitrogen and oxygen atoms in total. The first-order valence-electron chi connectivity index (χ1n) is 8.89. The van der Waals surface area contributed by atoms with Crippen molar-refractivity contribution in [1.29, 1.82) is 0 Å². The van der Waals surface area contributed by atoms with Crippen molar-refractivity contribution in [2.75, 3.05) is 34.4 Å². The number of benzene rings is 1. The molecule has 0 spiro atoms. The van der Waals surface area contributed by atoms with Gasteiger partial charge in [-0.25, -0.2) is 0 Å². The van der Waals surface area contributed by atoms with Crippen LogP contribution < -0.4 is 14.8 Å². The highest BCUT2D eigenvalue weighted by molar-refractivity contribution is 9.10. The average Bonchev–Trinajstić information content (AvgIpc) is 2.60. The van der Waals surface area contributed by atoms with Crippen LogP contribution in [0.4, 0.5) is 0 Å². The van der Waals surface area contributed by atoms with Gasteiger partial charge in [-0.05, 0) is 61.9 Å². The molecule has 1 aliphatic carbocycles. The van der Waals surface area contributed by atoms with Crippen molar-refractivity contribution in [1.82, 2.24) is 10.2 Å². The Morgan fingerprint density at radius 2 is 1.96 bits per heavy atom. The third-order valence-corrected chi connectivity index (χ3v) is 5.68. The van der Waals surface area contributed by atoms with E-state index in [1.54, 1.807) is 19.2 Å². The van der Waals surface area contributed by atoms with Crippen LogP contribution in [0.2, 0.25) is 0 Å². The van der Waals surface area contributed by atoms with E-state index in [2.05, 4.69) is 40.2 Å². The van der Waals surface area contributed by atoms with Gasteiger partial charge in [0.25, 0.3) is 5.91 Å². The summed E-state index contributed by atoms with van der Waals surface area (Å²) < 4.78 is 11.7. The molecule has 2 rings (SSSR count). The summed E-state index contributed by atoms with van der Waals surface area (Å²) in [4.78, 5) is 15.0. The predicted octanol–water partition coefficient (Wildman–Crippen LogP) is 3.85. The number of nitrogens with zero attached hydrogens (tertiary/aromatic N) is 1. The summed E-state index contributed by atoms with van der Waals surface area (Å²) in [6.07, 6.45) is 5.97. The molecule has 140 valence electrons. The zero-order valence-corrected chi connectivity index (χ0v) is 17.2. The van der Waals surface area contributed by atoms with Crippen molar-refractivity contribution in [3.8, 4) is 11.5 Å². The molecule has 0 aromatic heterocycles. The lowest BCUT2D eigenvalue weighted by atomic mass is 9.80. The van der Waals surface area contributed by atoms with Gasteiger partial charge in [0, 0.05) is 17.6 Å². The van der Waals surface area contributed by atoms with Gasteiger partial charge in [-0.3, -0.25) is 4.79 Å². The number of halogens is 1. The molecule has 0 atom stereocenters. The number of methoxy groups -OCH3 is 1. The van der Waals surface area contributed by atoms with Crippen LogP contribution in [0, 0.1) is 0 Å². The lowest BCUT2D eigenvalue weighted by Crippen LogP contribution is -2.53. The second-order valence-electron chi connectivity index (χ2n) is 6.78. The summed E-state index contributed by atoms with van der Waals surface area (Å²) in [5.74, 6) is 1.09. The SMILES string of the molecule is CCOc1cc(C(=O)NCC2(N(C)C)CCCCC2)cc(Br)c1OC. The standard InChI is InChI=1S/C19H29BrN2O3/c1-5-25-16-12-14(11-15(20)17(16)24-4)18(23)21-13-19(22(2)3)9-7-6-8-10-19/h11-12H,5-10,13H2,1-4H3,(H,21,23). The van der Waals surface area contributed by atoms with Crippen molar-refractivity contribution in [3.05, 3.63) is 22.2 Å². The van der Waals surface area contributed by atoms with E-state index in [4.69, 9.17) is 9.47 Å². The van der Waals surface area contributed by atoms with Crippen molar-refractivity contribution in [2.24, 2.45) is 0 Å². The van der Waals surface area contributed by atoms with Gasteiger partial charge < -0.3 is 19.7 Å². The highest BCUT2D eigenvalue weighted by Gasteiger charge is 2.34. The Labute approximate surface area is 159 Å². The number of likely N-dealkylation sites (N-methyl/N-ethyl adjacent to an activating group) is 1. The van der Waals surface area contributed by atoms with Gasteiger partial charge in [0.2, 0.25) is 0 Å². The minimum Gasteiger partial charge on any atom is -0.492 e. The van der Waals surface area contributed by atoms with E-state index in [0.29, 0.717) is 34.7 Å². The molecular formula is C19H29BrN2O3. The smallest absolute Gasteiger partial charge is 0.251 e. The third kappa shape index (κ3) is 4.67. The van der Waals surface area contributed by atoms with Crippen LogP contribution in [0.5, 0.6) is 11.5 Å². The summed E-state index contributed by atoms with van der Waals surface area (Å²) in [5, 5.41) is 3.13. The summed E-state index contributed by atoms with van der Waals surface area (Å²) in [7, 11) is 5.80. The normalized spacial score (nSPS) is 16.6. The number of rotatable bonds is 7. The Morgan fingerprint density at radius 3 is 2.52 bits per heavy atom. The van der Waals surface area contributed by atoms with Gasteiger partial charge in [0.1, 0.15) is 0 Å². The van der Waals surface area contributed by atoms with Gasteiger partial charge in [-0.1, -0.05) is 19.3 Å². The highest BCUT2D eigenvalue weighted by atomic mass is 79.9. The zero-order chi connectivity index (χ0) is 18.4. The van der Waals surface area contributed by atoms with E-state index in [1.807, 2.05) is 6.92 Å². The number of ether oxygens (including phenoxy) is 2. The minimum absolute atomic E-state index is 0.0559. The Balaban J connectivity index is 2.14. The molecular weight excluding hydrogens is 384 g/mol. The first-order valence-corrected chi connectivity index (χ1v) is 9.69. The number of nitrogens with one attached hydrogen (secondary N) is 1. The van der Waals surface area contributed by atoms with Gasteiger partial charge in [-0.15, -0.1) is 0 Å². The molecule has 1 fully saturated rings. The van der Waals surface area contributed by atoms with Gasteiger partial charge in [-0.2, -0.15) is 0 Å². The van der Waals surface area contributed by atoms with Crippen LogP contribution in [0.25, 0.3) is 0 Å². The Kier molecular flexibility index (Phi) is 7.14. The topological polar surface area (TPSA) is 50.8 Å². The van der Waals surface area contributed by atoms with E-state index in [0.717, 1.165) is 12.8 Å². The summed E-state index contributed by atoms with van der Waals surface area (Å²) >= 11 is 3.46. The molecule has 0 heterocycles. The summed E-state index contributed by atoms with van der Waals surface area (Å²) in [6, 6.07) is 3.52. The van der Waals surface area contributed by atoms with Crippen molar-refractivity contribution in [2.45, 2.75) is 44.6 Å². The molecule has 0 unspecified atom stereocenters. The number of carbonyl (C=O) groups is 1. The largest absolute Gasteiger partial charge is 0.492 e. The molecule has 1 saturated carbocycles. The number of carbonyl (C=O) groups excluding carboxylic acids is 1. The average molecular weight is 413 g/mol. The summed E-state index contributed by atoms with van der Waals surface area (Å²) in [5.41, 5.74) is 0.626. The molecule has 0 bridgehead atoms. The number of hydrogen-bond acceptors (Lipinski definition) is 4. The van der Waals surface area contributed by atoms with Crippen LogP contribution in [-0.2, 0) is 0 Å². The van der Waals surface area contributed by atoms with Crippen molar-refractivity contribution in [3.63, 3.8) is 0 Å². The highest BCUT2D eigenvalue weighted by Crippen LogP contribution is 2.37. The second kappa shape index (κ2) is 8.90. The van der Waals surface area contributed by atoms with Crippen LogP contribution in [0.15, 0.2) is 16.6 Å². The molecule has 0 aliphatic heterocycles. The minimum atomic E-state index is -0.0869. The molecule has 1 aromatic carbocycles. The predicted molar refractivity (Wildman–Crippen MR) is 104 cm³/mol. The Hall–Kier alpha value is -1.27. The maximum atomic E-state index is 12.7. The fourth-order valence-corrected chi connectivity index (χ4v) is 4.10. The van der Waals surface area contributed by atoms with Gasteiger partial charge in [0.05, 0.1) is 18.2 Å². The molecule has 1 N–H and O–H groups in total. The van der Waals surface area contributed by atoms with Crippen molar-refractivity contribution < 1.29 is 14.3 Å². The van der Waals surface area contributed by atoms with E-state index in [-0.39, 0.29) is 11.4 Å². The first kappa shape index (κ1) is 20.0. The third-order valence-electron chi connectivity index (χ3n) is 5.09. The van der Waals surface area contributed by atoms with Crippen molar-refractivity contribution >= 4 is 21.8 Å². The van der Waals surface area contributed by atoms with Gasteiger partial charge >= 0.3 is 0 Å². The van der Waals surface area contributed by atoms with E-state index in [9.17, 15) is 4.79 Å². The second-order valence-corrected chi connectivity index (χ2v) is 7.64. The maximum Gasteiger partial charge on any atom is 0.251 e. The van der Waals surface area contributed by atoms with E-state index < -0.39 is 0 Å². The maximum absolute atomic E-state index is 12.7. The first-order chi connectivity index (χ1) is 11.9. The fourth-order valence-electron chi connectivity index (χ4n) is 3.50. The number of hydrogen-bond donors (Lipinski definition) is 1. The van der Waals surface area contributed by atoms with Crippen LogP contribution in [0.3, 0.4) is 0 Å². The number of amides is 1. The fraction of sp³-hybridized carbons (Fsp3) is 0.632. The lowest BCUT2D eigenvalue weighted by molar-refractivity contribution is 0.0799. The van der Waals surface area contributed by atoms with Crippen LogP contribution in [-0.4, -0.2) is 50.7 Å².